The van der Waals surface area contributed by atoms with Crippen molar-refractivity contribution in [2.75, 3.05) is 10.7 Å². The summed E-state index contributed by atoms with van der Waals surface area (Å²) in [7, 11) is 1.87. The summed E-state index contributed by atoms with van der Waals surface area (Å²) in [6, 6.07) is 8.27. The fraction of sp³-hybridized carbons (Fsp3) is 0.353. The normalized spacial score (nSPS) is 23.3. The van der Waals surface area contributed by atoms with Crippen LogP contribution in [0.3, 0.4) is 0 Å². The van der Waals surface area contributed by atoms with Crippen molar-refractivity contribution in [1.29, 1.82) is 0 Å². The highest BCUT2D eigenvalue weighted by Gasteiger charge is 2.51. The number of benzene rings is 1. The fourth-order valence-electron chi connectivity index (χ4n) is 3.21. The minimum Gasteiger partial charge on any atom is -0.319 e. The maximum atomic E-state index is 12.9. The molecule has 0 saturated carbocycles. The van der Waals surface area contributed by atoms with Gasteiger partial charge in [-0.15, -0.1) is 11.8 Å². The lowest BCUT2D eigenvalue weighted by atomic mass is 10.1. The van der Waals surface area contributed by atoms with Gasteiger partial charge in [0.2, 0.25) is 0 Å². The summed E-state index contributed by atoms with van der Waals surface area (Å²) in [5, 5.41) is 4.92. The van der Waals surface area contributed by atoms with Crippen LogP contribution in [0.4, 0.5) is 5.69 Å². The van der Waals surface area contributed by atoms with Gasteiger partial charge in [-0.25, -0.2) is 0 Å². The molecule has 2 saturated heterocycles. The molecule has 2 atom stereocenters. The second kappa shape index (κ2) is 5.60. The van der Waals surface area contributed by atoms with Crippen LogP contribution in [0.2, 0.25) is 0 Å². The van der Waals surface area contributed by atoms with Crippen molar-refractivity contribution in [2.45, 2.75) is 25.3 Å². The first-order valence-electron chi connectivity index (χ1n) is 7.82. The van der Waals surface area contributed by atoms with Crippen LogP contribution in [0.5, 0.6) is 0 Å². The zero-order valence-corrected chi connectivity index (χ0v) is 15.4. The third kappa shape index (κ3) is 2.18. The monoisotopic (exact) mass is 358 g/mol. The summed E-state index contributed by atoms with van der Waals surface area (Å²) < 4.78 is 1.76. The van der Waals surface area contributed by atoms with Crippen molar-refractivity contribution in [3.8, 4) is 0 Å². The van der Waals surface area contributed by atoms with Crippen molar-refractivity contribution in [3.05, 3.63) is 47.3 Å². The lowest BCUT2D eigenvalue weighted by molar-refractivity contribution is -0.119. The number of aromatic nitrogens is 2. The van der Waals surface area contributed by atoms with Crippen molar-refractivity contribution in [2.24, 2.45) is 7.05 Å². The molecule has 0 spiro atoms. The molecular weight excluding hydrogens is 340 g/mol. The molecule has 7 heteroatoms. The van der Waals surface area contributed by atoms with E-state index in [0.717, 1.165) is 17.1 Å². The van der Waals surface area contributed by atoms with Crippen molar-refractivity contribution < 1.29 is 4.79 Å². The molecule has 3 heterocycles. The number of thioether (sulfide) groups is 1. The molecule has 0 aliphatic carbocycles. The summed E-state index contributed by atoms with van der Waals surface area (Å²) in [5.74, 6) is 0.811. The van der Waals surface area contributed by atoms with Crippen LogP contribution < -0.4 is 4.90 Å². The van der Waals surface area contributed by atoms with Crippen LogP contribution in [-0.2, 0) is 11.8 Å². The summed E-state index contributed by atoms with van der Waals surface area (Å²) in [6.45, 7) is 4.03. The van der Waals surface area contributed by atoms with E-state index in [4.69, 9.17) is 12.2 Å². The van der Waals surface area contributed by atoms with Crippen LogP contribution in [0.25, 0.3) is 0 Å². The van der Waals surface area contributed by atoms with Crippen LogP contribution in [0.1, 0.15) is 22.2 Å². The Labute approximate surface area is 150 Å². The molecule has 1 aromatic heterocycles. The predicted octanol–water partition coefficient (Wildman–Crippen LogP) is 2.78. The van der Waals surface area contributed by atoms with Crippen LogP contribution in [-0.4, -0.2) is 37.5 Å². The number of carbonyl (C=O) groups excluding carboxylic acids is 1. The van der Waals surface area contributed by atoms with Gasteiger partial charge in [0.25, 0.3) is 5.91 Å². The lowest BCUT2D eigenvalue weighted by Gasteiger charge is -2.25. The second-order valence-electron chi connectivity index (χ2n) is 6.21. The Morgan fingerprint density at radius 2 is 1.96 bits per heavy atom. The number of rotatable bonds is 2. The number of thiocarbonyl (C=S) groups is 1. The molecule has 4 rings (SSSR count). The molecule has 1 aromatic carbocycles. The van der Waals surface area contributed by atoms with Gasteiger partial charge in [0, 0.05) is 12.8 Å². The first-order valence-corrected chi connectivity index (χ1v) is 9.28. The second-order valence-corrected chi connectivity index (χ2v) is 7.69. The number of carbonyl (C=O) groups is 1. The minimum atomic E-state index is -0.187. The van der Waals surface area contributed by atoms with Gasteiger partial charge in [0.05, 0.1) is 17.6 Å². The van der Waals surface area contributed by atoms with E-state index in [1.807, 2.05) is 14.0 Å². The number of hydrogen-bond donors (Lipinski definition) is 0. The number of aryl methyl sites for hydroxylation is 2. The van der Waals surface area contributed by atoms with Gasteiger partial charge in [-0.05, 0) is 31.6 Å². The Hall–Kier alpha value is -1.86. The van der Waals surface area contributed by atoms with E-state index in [1.54, 1.807) is 27.5 Å². The number of nitrogens with zero attached hydrogens (tertiary/aromatic N) is 4. The minimum absolute atomic E-state index is 0.0539. The van der Waals surface area contributed by atoms with E-state index in [0.29, 0.717) is 5.11 Å². The zero-order valence-electron chi connectivity index (χ0n) is 13.8. The molecule has 2 aliphatic heterocycles. The number of fused-ring (bicyclic) bond motifs is 1. The average molecular weight is 358 g/mol. The molecule has 2 aromatic rings. The Morgan fingerprint density at radius 3 is 2.58 bits per heavy atom. The van der Waals surface area contributed by atoms with Gasteiger partial charge in [0.15, 0.2) is 5.11 Å². The number of amides is 1. The Kier molecular flexibility index (Phi) is 3.65. The lowest BCUT2D eigenvalue weighted by Crippen LogP contribution is -2.33. The predicted molar refractivity (Wildman–Crippen MR) is 100 cm³/mol. The van der Waals surface area contributed by atoms with Crippen LogP contribution in [0.15, 0.2) is 30.5 Å². The first-order chi connectivity index (χ1) is 11.5. The molecule has 24 heavy (non-hydrogen) atoms. The highest BCUT2D eigenvalue weighted by molar-refractivity contribution is 7.99. The number of hydrogen-bond acceptors (Lipinski definition) is 4. The summed E-state index contributed by atoms with van der Waals surface area (Å²) in [4.78, 5) is 16.7. The van der Waals surface area contributed by atoms with Gasteiger partial charge in [-0.2, -0.15) is 5.10 Å². The Morgan fingerprint density at radius 1 is 1.25 bits per heavy atom. The quantitative estimate of drug-likeness (QED) is 0.772. The summed E-state index contributed by atoms with van der Waals surface area (Å²) in [5.41, 5.74) is 4.14. The fourth-order valence-corrected chi connectivity index (χ4v) is 5.12. The molecule has 0 radical (unpaired) electrons. The van der Waals surface area contributed by atoms with E-state index in [2.05, 4.69) is 41.2 Å². The van der Waals surface area contributed by atoms with Crippen molar-refractivity contribution in [3.63, 3.8) is 0 Å². The summed E-state index contributed by atoms with van der Waals surface area (Å²) >= 11 is 7.47. The molecule has 2 fully saturated rings. The molecular formula is C17H18N4OS2. The standard InChI is InChI=1S/C17H18N4OS2/c1-10-4-6-12(7-5-10)16-21-14(9-24-16)15(22)20(17(21)23)13-8-18-19(3)11(13)2/h4-8,14,16H,9H2,1-3H3/t14-,16-/m0/s1. The summed E-state index contributed by atoms with van der Waals surface area (Å²) in [6.07, 6.45) is 1.72. The largest absolute Gasteiger partial charge is 0.319 e. The molecule has 2 aliphatic rings. The SMILES string of the molecule is Cc1ccc([C@@H]2SC[C@H]3C(=O)N(c4cnn(C)c4C)C(=S)N32)cc1. The van der Waals surface area contributed by atoms with Gasteiger partial charge >= 0.3 is 0 Å². The van der Waals surface area contributed by atoms with Gasteiger partial charge < -0.3 is 4.90 Å². The highest BCUT2D eigenvalue weighted by Crippen LogP contribution is 2.46. The maximum absolute atomic E-state index is 12.9. The van der Waals surface area contributed by atoms with E-state index in [1.165, 1.54) is 11.1 Å². The van der Waals surface area contributed by atoms with E-state index < -0.39 is 0 Å². The highest BCUT2D eigenvalue weighted by atomic mass is 32.2. The zero-order chi connectivity index (χ0) is 17.0. The Bertz CT molecular complexity index is 830. The molecule has 0 unspecified atom stereocenters. The van der Waals surface area contributed by atoms with Gasteiger partial charge in [0.1, 0.15) is 11.4 Å². The molecule has 0 N–H and O–H groups in total. The topological polar surface area (TPSA) is 41.4 Å². The van der Waals surface area contributed by atoms with E-state index >= 15 is 0 Å². The molecule has 5 nitrogen and oxygen atoms in total. The van der Waals surface area contributed by atoms with E-state index in [9.17, 15) is 4.79 Å². The van der Waals surface area contributed by atoms with E-state index in [-0.39, 0.29) is 17.3 Å². The third-order valence-corrected chi connectivity index (χ3v) is 6.45. The molecule has 1 amide bonds. The van der Waals surface area contributed by atoms with Crippen LogP contribution in [0, 0.1) is 13.8 Å². The average Bonchev–Trinajstić information content (AvgIpc) is 3.20. The third-order valence-electron chi connectivity index (χ3n) is 4.73. The first kappa shape index (κ1) is 15.7. The van der Waals surface area contributed by atoms with Crippen LogP contribution >= 0.6 is 24.0 Å². The number of anilines is 1. The van der Waals surface area contributed by atoms with Crippen molar-refractivity contribution >= 4 is 40.7 Å². The van der Waals surface area contributed by atoms with Crippen molar-refractivity contribution in [1.82, 2.24) is 14.7 Å². The van der Waals surface area contributed by atoms with Gasteiger partial charge in [-0.1, -0.05) is 29.8 Å². The maximum Gasteiger partial charge on any atom is 0.257 e. The Balaban J connectivity index is 1.70. The molecule has 0 bridgehead atoms. The molecule has 124 valence electrons. The smallest absolute Gasteiger partial charge is 0.257 e. The van der Waals surface area contributed by atoms with Gasteiger partial charge in [-0.3, -0.25) is 14.4 Å².